The van der Waals surface area contributed by atoms with Gasteiger partial charge in [0.05, 0.1) is 20.8 Å². The van der Waals surface area contributed by atoms with E-state index in [1.165, 1.54) is 28.3 Å². The van der Waals surface area contributed by atoms with E-state index in [-0.39, 0.29) is 5.82 Å². The molecule has 3 atom stereocenters. The number of para-hydroxylation sites is 1. The standard InChI is InChI=1S/C26H33N7O6S/c1-7-39-20-12-9-11-19(36-4)22(20)33-25(18-10-8-13-21(29-18)37-5)30-31-26(33)32-40(34,35)17(3)23(38-6)24-27-14-16(2)15-28-24/h8-15,17,23,26,31-32H,7H2,1-6H3/t17-,23-,26?/m0/s1. The highest BCUT2D eigenvalue weighted by molar-refractivity contribution is 7.90. The highest BCUT2D eigenvalue weighted by Crippen LogP contribution is 2.40. The third kappa shape index (κ3) is 5.93. The second kappa shape index (κ2) is 12.4. The summed E-state index contributed by atoms with van der Waals surface area (Å²) in [5.41, 5.74) is 4.61. The number of methoxy groups -OCH3 is 3. The van der Waals surface area contributed by atoms with Gasteiger partial charge in [0.25, 0.3) is 0 Å². The minimum absolute atomic E-state index is 0.253. The van der Waals surface area contributed by atoms with Crippen LogP contribution in [0, 0.1) is 6.92 Å². The van der Waals surface area contributed by atoms with Crippen LogP contribution in [-0.2, 0) is 14.8 Å². The fourth-order valence-corrected chi connectivity index (χ4v) is 5.40. The molecule has 4 rings (SSSR count). The zero-order valence-electron chi connectivity index (χ0n) is 23.2. The number of ether oxygens (including phenoxy) is 4. The van der Waals surface area contributed by atoms with E-state index in [0.29, 0.717) is 41.2 Å². The smallest absolute Gasteiger partial charge is 0.220 e. The van der Waals surface area contributed by atoms with Crippen molar-refractivity contribution in [3.63, 3.8) is 0 Å². The molecule has 0 saturated carbocycles. The highest BCUT2D eigenvalue weighted by Gasteiger charge is 2.41. The number of nitrogens with one attached hydrogen (secondary N) is 2. The van der Waals surface area contributed by atoms with Crippen LogP contribution in [0.1, 0.15) is 37.0 Å². The van der Waals surface area contributed by atoms with Gasteiger partial charge in [-0.3, -0.25) is 10.3 Å². The van der Waals surface area contributed by atoms with E-state index in [1.807, 2.05) is 13.8 Å². The Morgan fingerprint density at radius 3 is 2.40 bits per heavy atom. The van der Waals surface area contributed by atoms with Crippen molar-refractivity contribution in [3.8, 4) is 17.4 Å². The highest BCUT2D eigenvalue weighted by atomic mass is 32.2. The molecule has 3 aromatic rings. The Labute approximate surface area is 233 Å². The second-order valence-electron chi connectivity index (χ2n) is 8.79. The molecule has 13 nitrogen and oxygen atoms in total. The lowest BCUT2D eigenvalue weighted by atomic mass is 10.2. The minimum Gasteiger partial charge on any atom is -0.494 e. The fraction of sp³-hybridized carbons (Fsp3) is 0.385. The van der Waals surface area contributed by atoms with Gasteiger partial charge < -0.3 is 18.9 Å². The molecule has 0 saturated heterocycles. The number of aryl methyl sites for hydroxylation is 1. The minimum atomic E-state index is -4.08. The van der Waals surface area contributed by atoms with E-state index >= 15 is 0 Å². The van der Waals surface area contributed by atoms with Gasteiger partial charge >= 0.3 is 0 Å². The van der Waals surface area contributed by atoms with Gasteiger partial charge in [-0.1, -0.05) is 12.1 Å². The van der Waals surface area contributed by atoms with Gasteiger partial charge in [0.2, 0.25) is 15.9 Å². The molecular weight excluding hydrogens is 538 g/mol. The molecule has 1 aromatic carbocycles. The number of sulfonamides is 1. The Hall–Kier alpha value is -4.01. The van der Waals surface area contributed by atoms with Gasteiger partial charge in [0, 0.05) is 25.6 Å². The van der Waals surface area contributed by atoms with E-state index < -0.39 is 27.7 Å². The monoisotopic (exact) mass is 571 g/mol. The van der Waals surface area contributed by atoms with Crippen molar-refractivity contribution >= 4 is 21.5 Å². The summed E-state index contributed by atoms with van der Waals surface area (Å²) in [5.74, 6) is 1.83. The Bertz CT molecular complexity index is 1450. The molecule has 1 aliphatic rings. The van der Waals surface area contributed by atoms with Crippen LogP contribution in [0.15, 0.2) is 53.9 Å². The van der Waals surface area contributed by atoms with Crippen LogP contribution in [0.3, 0.4) is 0 Å². The lowest BCUT2D eigenvalue weighted by Crippen LogP contribution is -2.55. The number of pyridine rings is 1. The molecule has 214 valence electrons. The fourth-order valence-electron chi connectivity index (χ4n) is 4.16. The van der Waals surface area contributed by atoms with E-state index in [4.69, 9.17) is 18.9 Å². The number of amidine groups is 1. The second-order valence-corrected chi connectivity index (χ2v) is 10.9. The van der Waals surface area contributed by atoms with Crippen molar-refractivity contribution in [2.45, 2.75) is 38.4 Å². The summed E-state index contributed by atoms with van der Waals surface area (Å²) < 4.78 is 52.6. The third-order valence-corrected chi connectivity index (χ3v) is 7.94. The molecular formula is C26H33N7O6S. The molecule has 14 heteroatoms. The SMILES string of the molecule is CCOc1cccc(OC)c1N1C(c2cccc(OC)n2)=NNC1NS(=O)(=O)[C@@H](C)[C@H](OC)c1ncc(C)cn1. The number of hydrogen-bond acceptors (Lipinski definition) is 12. The Morgan fingerprint density at radius 2 is 1.75 bits per heavy atom. The van der Waals surface area contributed by atoms with Gasteiger partial charge in [-0.2, -0.15) is 9.82 Å². The van der Waals surface area contributed by atoms with Crippen molar-refractivity contribution < 1.29 is 27.4 Å². The summed E-state index contributed by atoms with van der Waals surface area (Å²) in [6.07, 6.45) is 1.21. The maximum Gasteiger partial charge on any atom is 0.220 e. The van der Waals surface area contributed by atoms with Gasteiger partial charge in [-0.15, -0.1) is 0 Å². The first-order valence-electron chi connectivity index (χ1n) is 12.5. The predicted molar refractivity (Wildman–Crippen MR) is 149 cm³/mol. The number of hydrazone groups is 1. The Morgan fingerprint density at radius 1 is 1.05 bits per heavy atom. The van der Waals surface area contributed by atoms with Gasteiger partial charge in [-0.25, -0.2) is 23.4 Å². The molecule has 1 unspecified atom stereocenters. The van der Waals surface area contributed by atoms with Crippen LogP contribution >= 0.6 is 0 Å². The largest absolute Gasteiger partial charge is 0.494 e. The van der Waals surface area contributed by atoms with Crippen LogP contribution in [0.4, 0.5) is 5.69 Å². The summed E-state index contributed by atoms with van der Waals surface area (Å²) in [4.78, 5) is 14.7. The van der Waals surface area contributed by atoms with Crippen LogP contribution in [0.2, 0.25) is 0 Å². The van der Waals surface area contributed by atoms with Crippen molar-refractivity contribution in [2.75, 3.05) is 32.8 Å². The molecule has 2 aromatic heterocycles. The molecule has 0 spiro atoms. The van der Waals surface area contributed by atoms with Crippen LogP contribution < -0.4 is 29.3 Å². The summed E-state index contributed by atoms with van der Waals surface area (Å²) in [6.45, 7) is 5.59. The molecule has 0 fully saturated rings. The van der Waals surface area contributed by atoms with Gasteiger partial charge in [0.1, 0.15) is 34.2 Å². The molecule has 0 amide bonds. The number of anilines is 1. The molecule has 1 aliphatic heterocycles. The molecule has 0 radical (unpaired) electrons. The average molecular weight is 572 g/mol. The van der Waals surface area contributed by atoms with Crippen molar-refractivity contribution in [3.05, 3.63) is 65.9 Å². The van der Waals surface area contributed by atoms with Crippen molar-refractivity contribution in [2.24, 2.45) is 5.10 Å². The summed E-state index contributed by atoms with van der Waals surface area (Å²) in [7, 11) is 0.366. The topological polar surface area (TPSA) is 149 Å². The van der Waals surface area contributed by atoms with Crippen molar-refractivity contribution in [1.29, 1.82) is 0 Å². The number of aromatic nitrogens is 3. The number of benzene rings is 1. The summed E-state index contributed by atoms with van der Waals surface area (Å²) in [6, 6.07) is 10.5. The zero-order chi connectivity index (χ0) is 28.9. The Kier molecular flexibility index (Phi) is 9.02. The normalized spacial score (nSPS) is 16.6. The first-order chi connectivity index (χ1) is 19.2. The van der Waals surface area contributed by atoms with Crippen LogP contribution in [-0.4, -0.2) is 68.7 Å². The number of hydrogen-bond donors (Lipinski definition) is 2. The maximum atomic E-state index is 13.8. The van der Waals surface area contributed by atoms with E-state index in [1.54, 1.807) is 53.7 Å². The third-order valence-electron chi connectivity index (χ3n) is 6.16. The molecule has 0 bridgehead atoms. The molecule has 40 heavy (non-hydrogen) atoms. The molecule has 3 heterocycles. The molecule has 0 aliphatic carbocycles. The maximum absolute atomic E-state index is 13.8. The number of rotatable bonds is 12. The van der Waals surface area contributed by atoms with Crippen LogP contribution in [0.5, 0.6) is 17.4 Å². The van der Waals surface area contributed by atoms with E-state index in [9.17, 15) is 8.42 Å². The number of nitrogens with zero attached hydrogens (tertiary/aromatic N) is 5. The lowest BCUT2D eigenvalue weighted by molar-refractivity contribution is 0.0944. The van der Waals surface area contributed by atoms with Crippen molar-refractivity contribution in [1.82, 2.24) is 25.1 Å². The van der Waals surface area contributed by atoms with E-state index in [0.717, 1.165) is 5.56 Å². The zero-order valence-corrected chi connectivity index (χ0v) is 24.0. The average Bonchev–Trinajstić information content (AvgIpc) is 3.36. The van der Waals surface area contributed by atoms with Crippen LogP contribution in [0.25, 0.3) is 0 Å². The Balaban J connectivity index is 1.75. The lowest BCUT2D eigenvalue weighted by Gasteiger charge is -2.31. The van der Waals surface area contributed by atoms with Gasteiger partial charge in [-0.05, 0) is 44.5 Å². The predicted octanol–water partition coefficient (Wildman–Crippen LogP) is 2.35. The first-order valence-corrected chi connectivity index (χ1v) is 14.0. The summed E-state index contributed by atoms with van der Waals surface area (Å²) >= 11 is 0. The van der Waals surface area contributed by atoms with E-state index in [2.05, 4.69) is 30.2 Å². The first kappa shape index (κ1) is 29.0. The quantitative estimate of drug-likeness (QED) is 0.330. The molecule has 2 N–H and O–H groups in total. The summed E-state index contributed by atoms with van der Waals surface area (Å²) in [5, 5.41) is 3.38. The van der Waals surface area contributed by atoms with Gasteiger partial charge in [0.15, 0.2) is 17.9 Å².